The Morgan fingerprint density at radius 1 is 1.35 bits per heavy atom. The minimum Gasteiger partial charge on any atom is -0.351 e. The molecule has 1 aliphatic carbocycles. The van der Waals surface area contributed by atoms with Crippen LogP contribution in [-0.2, 0) is 13.6 Å². The van der Waals surface area contributed by atoms with Gasteiger partial charge in [0, 0.05) is 20.1 Å². The molecule has 1 saturated carbocycles. The van der Waals surface area contributed by atoms with Crippen LogP contribution in [0.4, 0.5) is 5.82 Å². The average Bonchev–Trinajstić information content (AvgIpc) is 3.20. The molecule has 2 aromatic rings. The van der Waals surface area contributed by atoms with E-state index < -0.39 is 0 Å². The van der Waals surface area contributed by atoms with Gasteiger partial charge in [-0.2, -0.15) is 5.10 Å². The van der Waals surface area contributed by atoms with Gasteiger partial charge in [-0.25, -0.2) is 4.98 Å². The third-order valence-electron chi connectivity index (χ3n) is 4.15. The Kier molecular flexibility index (Phi) is 4.50. The summed E-state index contributed by atoms with van der Waals surface area (Å²) in [6.07, 6.45) is 5.99. The van der Waals surface area contributed by atoms with Crippen LogP contribution in [-0.4, -0.2) is 44.0 Å². The molecule has 0 saturated heterocycles. The van der Waals surface area contributed by atoms with Crippen molar-refractivity contribution in [2.45, 2.75) is 38.3 Å². The van der Waals surface area contributed by atoms with Gasteiger partial charge in [-0.1, -0.05) is 12.8 Å². The summed E-state index contributed by atoms with van der Waals surface area (Å²) in [4.78, 5) is 18.2. The van der Waals surface area contributed by atoms with Crippen LogP contribution >= 0.6 is 0 Å². The number of amides is 1. The van der Waals surface area contributed by atoms with Crippen molar-refractivity contribution in [3.05, 3.63) is 30.0 Å². The summed E-state index contributed by atoms with van der Waals surface area (Å²) in [7, 11) is 3.75. The van der Waals surface area contributed by atoms with Crippen molar-refractivity contribution in [1.29, 1.82) is 0 Å². The molecule has 0 unspecified atom stereocenters. The lowest BCUT2D eigenvalue weighted by molar-refractivity contribution is 0.0932. The van der Waals surface area contributed by atoms with Crippen LogP contribution < -0.4 is 10.2 Å². The van der Waals surface area contributed by atoms with E-state index in [0.29, 0.717) is 18.1 Å². The summed E-state index contributed by atoms with van der Waals surface area (Å²) in [5, 5.41) is 15.2. The van der Waals surface area contributed by atoms with Crippen molar-refractivity contribution in [2.75, 3.05) is 11.9 Å². The first-order chi connectivity index (χ1) is 11.1. The Labute approximate surface area is 134 Å². The van der Waals surface area contributed by atoms with Gasteiger partial charge in [0.2, 0.25) is 0 Å². The second-order valence-electron chi connectivity index (χ2n) is 5.89. The molecule has 1 amide bonds. The van der Waals surface area contributed by atoms with Crippen LogP contribution in [0.5, 0.6) is 0 Å². The Hall–Kier alpha value is -2.51. The Morgan fingerprint density at radius 2 is 2.13 bits per heavy atom. The summed E-state index contributed by atoms with van der Waals surface area (Å²) in [5.41, 5.74) is 0.354. The van der Waals surface area contributed by atoms with Crippen molar-refractivity contribution in [1.82, 2.24) is 30.3 Å². The lowest BCUT2D eigenvalue weighted by Crippen LogP contribution is -2.33. The van der Waals surface area contributed by atoms with Crippen LogP contribution in [0, 0.1) is 0 Å². The third kappa shape index (κ3) is 3.64. The van der Waals surface area contributed by atoms with Crippen molar-refractivity contribution in [2.24, 2.45) is 7.05 Å². The van der Waals surface area contributed by atoms with Gasteiger partial charge in [0.1, 0.15) is 12.2 Å². The molecule has 0 aromatic carbocycles. The molecule has 0 atom stereocenters. The molecule has 8 heteroatoms. The number of rotatable bonds is 5. The molecule has 122 valence electrons. The first-order valence-corrected chi connectivity index (χ1v) is 7.82. The maximum Gasteiger partial charge on any atom is 0.272 e. The maximum absolute atomic E-state index is 12.1. The maximum atomic E-state index is 12.1. The van der Waals surface area contributed by atoms with E-state index in [1.807, 2.05) is 19.0 Å². The fourth-order valence-corrected chi connectivity index (χ4v) is 2.74. The minimum atomic E-state index is -0.146. The van der Waals surface area contributed by atoms with Crippen molar-refractivity contribution < 1.29 is 4.79 Å². The fraction of sp³-hybridized carbons (Fsp3) is 0.533. The third-order valence-corrected chi connectivity index (χ3v) is 4.15. The molecule has 3 rings (SSSR count). The molecule has 8 nitrogen and oxygen atoms in total. The van der Waals surface area contributed by atoms with E-state index in [1.54, 1.807) is 16.8 Å². The second-order valence-corrected chi connectivity index (χ2v) is 5.89. The number of hydrogen-bond donors (Lipinski definition) is 1. The number of aromatic nitrogens is 5. The highest BCUT2D eigenvalue weighted by Crippen LogP contribution is 2.18. The fourth-order valence-electron chi connectivity index (χ4n) is 2.74. The lowest BCUT2D eigenvalue weighted by Gasteiger charge is -2.17. The topological polar surface area (TPSA) is 88.8 Å². The van der Waals surface area contributed by atoms with Crippen LogP contribution in [0.1, 0.15) is 42.0 Å². The van der Waals surface area contributed by atoms with Gasteiger partial charge < -0.3 is 10.2 Å². The molecule has 0 radical (unpaired) electrons. The van der Waals surface area contributed by atoms with E-state index in [1.165, 1.54) is 19.2 Å². The highest BCUT2D eigenvalue weighted by Gasteiger charge is 2.19. The normalized spacial score (nSPS) is 14.9. The molecular formula is C15H21N7O. The molecule has 1 N–H and O–H groups in total. The number of nitrogens with one attached hydrogen (secondary N) is 1. The highest BCUT2D eigenvalue weighted by molar-refractivity contribution is 5.92. The minimum absolute atomic E-state index is 0.146. The van der Waals surface area contributed by atoms with Gasteiger partial charge in [-0.05, 0) is 25.0 Å². The molecule has 0 bridgehead atoms. The molecule has 23 heavy (non-hydrogen) atoms. The predicted molar refractivity (Wildman–Crippen MR) is 84.9 cm³/mol. The molecule has 1 fully saturated rings. The van der Waals surface area contributed by atoms with Crippen LogP contribution in [0.25, 0.3) is 0 Å². The van der Waals surface area contributed by atoms with Crippen molar-refractivity contribution in [3.8, 4) is 0 Å². The van der Waals surface area contributed by atoms with Gasteiger partial charge in [-0.15, -0.1) is 10.2 Å². The van der Waals surface area contributed by atoms with Gasteiger partial charge in [0.25, 0.3) is 5.91 Å². The average molecular weight is 315 g/mol. The number of anilines is 1. The zero-order valence-electron chi connectivity index (χ0n) is 13.4. The summed E-state index contributed by atoms with van der Waals surface area (Å²) in [6, 6.07) is 3.79. The zero-order chi connectivity index (χ0) is 16.2. The smallest absolute Gasteiger partial charge is 0.272 e. The number of hydrogen-bond acceptors (Lipinski definition) is 6. The van der Waals surface area contributed by atoms with E-state index in [2.05, 4.69) is 25.6 Å². The SMILES string of the molecule is CN(Cc1ncnn1C)c1ccc(C(=O)NC2CCCC2)nn1. The number of carbonyl (C=O) groups excluding carboxylic acids is 1. The van der Waals surface area contributed by atoms with Crippen LogP contribution in [0.3, 0.4) is 0 Å². The number of aryl methyl sites for hydroxylation is 1. The van der Waals surface area contributed by atoms with Crippen LogP contribution in [0.2, 0.25) is 0 Å². The molecule has 1 aliphatic rings. The molecule has 0 aliphatic heterocycles. The molecule has 2 aromatic heterocycles. The highest BCUT2D eigenvalue weighted by atomic mass is 16.2. The summed E-state index contributed by atoms with van der Waals surface area (Å²) >= 11 is 0. The zero-order valence-corrected chi connectivity index (χ0v) is 13.4. The quantitative estimate of drug-likeness (QED) is 0.882. The lowest BCUT2D eigenvalue weighted by atomic mass is 10.2. The van der Waals surface area contributed by atoms with Gasteiger partial charge >= 0.3 is 0 Å². The Bertz CT molecular complexity index is 661. The van der Waals surface area contributed by atoms with E-state index in [-0.39, 0.29) is 11.9 Å². The second kappa shape index (κ2) is 6.72. The van der Waals surface area contributed by atoms with Crippen molar-refractivity contribution in [3.63, 3.8) is 0 Å². The molecule has 0 spiro atoms. The van der Waals surface area contributed by atoms with E-state index >= 15 is 0 Å². The standard InChI is InChI=1S/C15H21N7O/c1-21(9-14-16-10-17-22(14)2)13-8-7-12(19-20-13)15(23)18-11-5-3-4-6-11/h7-8,10-11H,3-6,9H2,1-2H3,(H,18,23). The molecule has 2 heterocycles. The first kappa shape index (κ1) is 15.4. The van der Waals surface area contributed by atoms with Crippen molar-refractivity contribution >= 4 is 11.7 Å². The largest absolute Gasteiger partial charge is 0.351 e. The van der Waals surface area contributed by atoms with Crippen LogP contribution in [0.15, 0.2) is 18.5 Å². The van der Waals surface area contributed by atoms with E-state index in [4.69, 9.17) is 0 Å². The van der Waals surface area contributed by atoms with Gasteiger partial charge in [-0.3, -0.25) is 9.48 Å². The summed E-state index contributed by atoms with van der Waals surface area (Å²) in [6.45, 7) is 0.568. The molecular weight excluding hydrogens is 294 g/mol. The first-order valence-electron chi connectivity index (χ1n) is 7.82. The number of carbonyl (C=O) groups is 1. The summed E-state index contributed by atoms with van der Waals surface area (Å²) < 4.78 is 1.72. The van der Waals surface area contributed by atoms with E-state index in [0.717, 1.165) is 18.7 Å². The van der Waals surface area contributed by atoms with Gasteiger partial charge in [0.15, 0.2) is 11.5 Å². The predicted octanol–water partition coefficient (Wildman–Crippen LogP) is 0.914. The van der Waals surface area contributed by atoms with Gasteiger partial charge in [0.05, 0.1) is 6.54 Å². The Balaban J connectivity index is 1.61. The monoisotopic (exact) mass is 315 g/mol. The Morgan fingerprint density at radius 3 is 2.74 bits per heavy atom. The summed E-state index contributed by atoms with van der Waals surface area (Å²) in [5.74, 6) is 1.37. The van der Waals surface area contributed by atoms with E-state index in [9.17, 15) is 4.79 Å². The number of nitrogens with zero attached hydrogens (tertiary/aromatic N) is 6.